The molecule has 0 aliphatic carbocycles. The summed E-state index contributed by atoms with van der Waals surface area (Å²) in [5, 5.41) is 7.22. The van der Waals surface area contributed by atoms with Crippen molar-refractivity contribution in [2.45, 2.75) is 6.92 Å². The van der Waals surface area contributed by atoms with Crippen LogP contribution in [0.5, 0.6) is 0 Å². The number of halogens is 2. The first kappa shape index (κ1) is 13.1. The second-order valence-corrected chi connectivity index (χ2v) is 5.59. The number of fused-ring (bicyclic) bond motifs is 1. The van der Waals surface area contributed by atoms with Crippen molar-refractivity contribution >= 4 is 44.7 Å². The van der Waals surface area contributed by atoms with Crippen LogP contribution in [-0.4, -0.2) is 11.1 Å². The predicted molar refractivity (Wildman–Crippen MR) is 76.0 cm³/mol. The summed E-state index contributed by atoms with van der Waals surface area (Å²) in [5.41, 5.74) is 0. The molecule has 0 unspecified atom stereocenters. The Morgan fingerprint density at radius 2 is 2.25 bits per heavy atom. The zero-order valence-corrected chi connectivity index (χ0v) is 11.8. The fourth-order valence-corrected chi connectivity index (χ4v) is 3.22. The first-order valence-electron chi connectivity index (χ1n) is 5.67. The Kier molecular flexibility index (Phi) is 3.19. The van der Waals surface area contributed by atoms with Crippen LogP contribution in [0.3, 0.4) is 0 Å². The van der Waals surface area contributed by atoms with Gasteiger partial charge in [-0.05, 0) is 25.1 Å². The van der Waals surface area contributed by atoms with E-state index >= 15 is 0 Å². The number of rotatable bonds is 2. The summed E-state index contributed by atoms with van der Waals surface area (Å²) in [6.45, 7) is 1.72. The van der Waals surface area contributed by atoms with Crippen molar-refractivity contribution in [2.75, 3.05) is 5.32 Å². The van der Waals surface area contributed by atoms with Crippen LogP contribution >= 0.6 is 22.9 Å². The molecule has 2 heterocycles. The summed E-state index contributed by atoms with van der Waals surface area (Å²) in [5.74, 6) is 0.136. The molecule has 0 aliphatic heterocycles. The van der Waals surface area contributed by atoms with Gasteiger partial charge in [-0.3, -0.25) is 4.79 Å². The van der Waals surface area contributed by atoms with Crippen LogP contribution in [0.1, 0.15) is 15.4 Å². The highest BCUT2D eigenvalue weighted by atomic mass is 35.5. The summed E-state index contributed by atoms with van der Waals surface area (Å²) in [6, 6.07) is 5.81. The van der Waals surface area contributed by atoms with Crippen molar-refractivity contribution in [3.63, 3.8) is 0 Å². The van der Waals surface area contributed by atoms with Crippen molar-refractivity contribution in [3.05, 3.63) is 45.7 Å². The number of carbonyl (C=O) groups excluding carboxylic acids is 1. The van der Waals surface area contributed by atoms with Gasteiger partial charge in [-0.25, -0.2) is 4.39 Å². The third-order valence-electron chi connectivity index (χ3n) is 2.67. The summed E-state index contributed by atoms with van der Waals surface area (Å²) in [6.07, 6.45) is 0. The fourth-order valence-electron chi connectivity index (χ4n) is 1.78. The smallest absolute Gasteiger partial charge is 0.268 e. The Morgan fingerprint density at radius 1 is 1.45 bits per heavy atom. The van der Waals surface area contributed by atoms with Crippen molar-refractivity contribution in [2.24, 2.45) is 0 Å². The molecule has 2 aromatic heterocycles. The molecule has 0 saturated carbocycles. The number of thiophene rings is 1. The van der Waals surface area contributed by atoms with Crippen molar-refractivity contribution in [1.82, 2.24) is 5.16 Å². The van der Waals surface area contributed by atoms with E-state index in [-0.39, 0.29) is 5.82 Å². The Bertz CT molecular complexity index is 812. The van der Waals surface area contributed by atoms with E-state index in [1.54, 1.807) is 19.1 Å². The normalized spacial score (nSPS) is 10.9. The van der Waals surface area contributed by atoms with Crippen LogP contribution in [0.25, 0.3) is 10.1 Å². The van der Waals surface area contributed by atoms with Crippen LogP contribution in [0.4, 0.5) is 10.2 Å². The molecule has 0 spiro atoms. The quantitative estimate of drug-likeness (QED) is 0.770. The van der Waals surface area contributed by atoms with E-state index in [2.05, 4.69) is 10.5 Å². The molecule has 1 N–H and O–H groups in total. The van der Waals surface area contributed by atoms with Crippen molar-refractivity contribution < 1.29 is 13.7 Å². The molecule has 1 amide bonds. The van der Waals surface area contributed by atoms with Gasteiger partial charge in [0.25, 0.3) is 5.91 Å². The first-order chi connectivity index (χ1) is 9.54. The second-order valence-electron chi connectivity index (χ2n) is 4.16. The molecule has 7 heteroatoms. The maximum atomic E-state index is 13.2. The number of anilines is 1. The average molecular weight is 311 g/mol. The minimum Gasteiger partial charge on any atom is -0.360 e. The molecule has 0 fully saturated rings. The summed E-state index contributed by atoms with van der Waals surface area (Å²) in [7, 11) is 0. The van der Waals surface area contributed by atoms with Crippen LogP contribution in [0, 0.1) is 12.7 Å². The van der Waals surface area contributed by atoms with Gasteiger partial charge in [0.2, 0.25) is 0 Å². The molecular formula is C13H8ClFN2O2S. The zero-order valence-electron chi connectivity index (χ0n) is 10.2. The monoisotopic (exact) mass is 310 g/mol. The molecule has 3 aromatic rings. The SMILES string of the molecule is Cc1cc(NC(=O)c2sc3cc(F)ccc3c2Cl)no1. The highest BCUT2D eigenvalue weighted by Gasteiger charge is 2.18. The van der Waals surface area contributed by atoms with E-state index in [4.69, 9.17) is 16.1 Å². The Labute approximate surface area is 122 Å². The zero-order chi connectivity index (χ0) is 14.3. The number of aromatic nitrogens is 1. The van der Waals surface area contributed by atoms with Gasteiger partial charge < -0.3 is 9.84 Å². The fraction of sp³-hybridized carbons (Fsp3) is 0.0769. The van der Waals surface area contributed by atoms with E-state index in [0.717, 1.165) is 11.3 Å². The van der Waals surface area contributed by atoms with E-state index < -0.39 is 5.91 Å². The maximum Gasteiger partial charge on any atom is 0.268 e. The second kappa shape index (κ2) is 4.88. The topological polar surface area (TPSA) is 55.1 Å². The van der Waals surface area contributed by atoms with Gasteiger partial charge in [0, 0.05) is 16.2 Å². The number of amides is 1. The molecule has 0 aliphatic rings. The first-order valence-corrected chi connectivity index (χ1v) is 6.86. The van der Waals surface area contributed by atoms with Crippen molar-refractivity contribution in [3.8, 4) is 0 Å². The minimum absolute atomic E-state index is 0.308. The number of carbonyl (C=O) groups is 1. The van der Waals surface area contributed by atoms with Gasteiger partial charge >= 0.3 is 0 Å². The van der Waals surface area contributed by atoms with Crippen LogP contribution < -0.4 is 5.32 Å². The number of hydrogen-bond acceptors (Lipinski definition) is 4. The maximum absolute atomic E-state index is 13.2. The lowest BCUT2D eigenvalue weighted by Gasteiger charge is -1.98. The molecule has 1 aromatic carbocycles. The van der Waals surface area contributed by atoms with Gasteiger partial charge in [-0.1, -0.05) is 16.8 Å². The molecule has 4 nitrogen and oxygen atoms in total. The lowest BCUT2D eigenvalue weighted by molar-refractivity contribution is 0.103. The van der Waals surface area contributed by atoms with Gasteiger partial charge in [-0.15, -0.1) is 11.3 Å². The lowest BCUT2D eigenvalue weighted by Crippen LogP contribution is -2.10. The third kappa shape index (κ3) is 2.28. The molecular weight excluding hydrogens is 303 g/mol. The molecule has 102 valence electrons. The number of nitrogens with one attached hydrogen (secondary N) is 1. The molecule has 0 bridgehead atoms. The highest BCUT2D eigenvalue weighted by molar-refractivity contribution is 7.21. The van der Waals surface area contributed by atoms with Crippen LogP contribution in [-0.2, 0) is 0 Å². The van der Waals surface area contributed by atoms with Gasteiger partial charge in [-0.2, -0.15) is 0 Å². The van der Waals surface area contributed by atoms with E-state index in [0.29, 0.717) is 31.6 Å². The minimum atomic E-state index is -0.398. The average Bonchev–Trinajstić information content (AvgIpc) is 2.94. The van der Waals surface area contributed by atoms with E-state index in [1.165, 1.54) is 12.1 Å². The Morgan fingerprint density at radius 3 is 2.95 bits per heavy atom. The highest BCUT2D eigenvalue weighted by Crippen LogP contribution is 2.36. The largest absolute Gasteiger partial charge is 0.360 e. The van der Waals surface area contributed by atoms with Crippen LogP contribution in [0.2, 0.25) is 5.02 Å². The molecule has 0 radical (unpaired) electrons. The molecule has 0 saturated heterocycles. The standard InChI is InChI=1S/C13H8ClFN2O2S/c1-6-4-10(17-19-6)16-13(18)12-11(14)8-3-2-7(15)5-9(8)20-12/h2-5H,1H3,(H,16,17,18). The number of aryl methyl sites for hydroxylation is 1. The number of benzene rings is 1. The lowest BCUT2D eigenvalue weighted by atomic mass is 10.2. The number of nitrogens with zero attached hydrogens (tertiary/aromatic N) is 1. The Balaban J connectivity index is 1.97. The van der Waals surface area contributed by atoms with E-state index in [9.17, 15) is 9.18 Å². The Hall–Kier alpha value is -1.92. The van der Waals surface area contributed by atoms with Gasteiger partial charge in [0.15, 0.2) is 5.82 Å². The summed E-state index contributed by atoms with van der Waals surface area (Å²) in [4.78, 5) is 12.5. The molecule has 20 heavy (non-hydrogen) atoms. The summed E-state index contributed by atoms with van der Waals surface area (Å²) < 4.78 is 18.7. The molecule has 3 rings (SSSR count). The van der Waals surface area contributed by atoms with Gasteiger partial charge in [0.05, 0.1) is 5.02 Å². The molecule has 0 atom stereocenters. The van der Waals surface area contributed by atoms with E-state index in [1.807, 2.05) is 0 Å². The van der Waals surface area contributed by atoms with Crippen LogP contribution in [0.15, 0.2) is 28.8 Å². The number of hydrogen-bond donors (Lipinski definition) is 1. The van der Waals surface area contributed by atoms with Gasteiger partial charge in [0.1, 0.15) is 16.5 Å². The van der Waals surface area contributed by atoms with Crippen molar-refractivity contribution in [1.29, 1.82) is 0 Å². The summed E-state index contributed by atoms with van der Waals surface area (Å²) >= 11 is 7.29. The predicted octanol–water partition coefficient (Wildman–Crippen LogP) is 4.24. The third-order valence-corrected chi connectivity index (χ3v) is 4.32.